The minimum absolute atomic E-state index is 0.227. The first-order valence-corrected chi connectivity index (χ1v) is 8.44. The molecule has 0 saturated heterocycles. The van der Waals surface area contributed by atoms with Gasteiger partial charge < -0.3 is 5.32 Å². The van der Waals surface area contributed by atoms with Crippen LogP contribution in [0.5, 0.6) is 0 Å². The molecule has 0 saturated carbocycles. The monoisotopic (exact) mass is 354 g/mol. The summed E-state index contributed by atoms with van der Waals surface area (Å²) in [6, 6.07) is 16.0. The maximum absolute atomic E-state index is 13.9. The number of fused-ring (bicyclic) bond motifs is 1. The minimum atomic E-state index is -0.632. The predicted octanol–water partition coefficient (Wildman–Crippen LogP) is 4.80. The molecule has 0 aliphatic heterocycles. The lowest BCUT2D eigenvalue weighted by molar-refractivity contribution is -0.117. The Bertz CT molecular complexity index is 942. The van der Waals surface area contributed by atoms with Gasteiger partial charge in [-0.05, 0) is 42.8 Å². The van der Waals surface area contributed by atoms with E-state index in [-0.39, 0.29) is 5.91 Å². The van der Waals surface area contributed by atoms with Crippen LogP contribution in [0.2, 0.25) is 0 Å². The van der Waals surface area contributed by atoms with E-state index in [0.29, 0.717) is 11.3 Å². The standard InChI is InChI=1S/C21H20F2N2O/c1-13(19-10-8-17(22)12-20(19)23)24-14(2)21(26)25-18-9-7-15-5-3-4-6-16(15)11-18/h3-14,24H,1-2H3,(H,25,26)/t13-,14-/m0/s1. The van der Waals surface area contributed by atoms with Gasteiger partial charge in [-0.25, -0.2) is 8.78 Å². The predicted molar refractivity (Wildman–Crippen MR) is 99.9 cm³/mol. The van der Waals surface area contributed by atoms with Crippen LogP contribution in [0.15, 0.2) is 60.7 Å². The molecule has 0 heterocycles. The molecule has 0 fully saturated rings. The van der Waals surface area contributed by atoms with Gasteiger partial charge >= 0.3 is 0 Å². The molecule has 0 aliphatic carbocycles. The zero-order chi connectivity index (χ0) is 18.7. The van der Waals surface area contributed by atoms with Gasteiger partial charge in [-0.2, -0.15) is 0 Å². The fourth-order valence-electron chi connectivity index (χ4n) is 2.91. The fraction of sp³-hybridized carbons (Fsp3) is 0.190. The summed E-state index contributed by atoms with van der Waals surface area (Å²) in [6.07, 6.45) is 0. The molecule has 3 rings (SSSR count). The molecular weight excluding hydrogens is 334 g/mol. The average molecular weight is 354 g/mol. The van der Waals surface area contributed by atoms with E-state index < -0.39 is 23.7 Å². The first-order valence-electron chi connectivity index (χ1n) is 8.44. The van der Waals surface area contributed by atoms with Crippen molar-refractivity contribution in [3.8, 4) is 0 Å². The Kier molecular flexibility index (Phi) is 5.28. The highest BCUT2D eigenvalue weighted by Gasteiger charge is 2.18. The van der Waals surface area contributed by atoms with E-state index in [9.17, 15) is 13.6 Å². The van der Waals surface area contributed by atoms with Gasteiger partial charge in [0.2, 0.25) is 5.91 Å². The number of amides is 1. The highest BCUT2D eigenvalue weighted by molar-refractivity contribution is 5.97. The van der Waals surface area contributed by atoms with E-state index >= 15 is 0 Å². The molecule has 0 aromatic heterocycles. The Morgan fingerprint density at radius 2 is 1.65 bits per heavy atom. The third kappa shape index (κ3) is 4.06. The van der Waals surface area contributed by atoms with E-state index in [0.717, 1.165) is 16.8 Å². The Hall–Kier alpha value is -2.79. The number of rotatable bonds is 5. The Morgan fingerprint density at radius 3 is 2.38 bits per heavy atom. The number of carbonyl (C=O) groups is 1. The molecule has 1 amide bonds. The molecule has 3 aromatic rings. The summed E-state index contributed by atoms with van der Waals surface area (Å²) in [5.41, 5.74) is 1.01. The van der Waals surface area contributed by atoms with Gasteiger partial charge in [-0.3, -0.25) is 10.1 Å². The normalized spacial score (nSPS) is 13.4. The SMILES string of the molecule is C[C@H](N[C@@H](C)c1ccc(F)cc1F)C(=O)Nc1ccc2ccccc2c1. The van der Waals surface area contributed by atoms with E-state index in [1.54, 1.807) is 13.8 Å². The summed E-state index contributed by atoms with van der Waals surface area (Å²) in [7, 11) is 0. The van der Waals surface area contributed by atoms with Crippen molar-refractivity contribution < 1.29 is 13.6 Å². The van der Waals surface area contributed by atoms with Gasteiger partial charge in [0.05, 0.1) is 6.04 Å². The van der Waals surface area contributed by atoms with Crippen LogP contribution in [0.25, 0.3) is 10.8 Å². The number of nitrogens with one attached hydrogen (secondary N) is 2. The molecular formula is C21H20F2N2O. The average Bonchev–Trinajstić information content (AvgIpc) is 2.61. The summed E-state index contributed by atoms with van der Waals surface area (Å²) >= 11 is 0. The summed E-state index contributed by atoms with van der Waals surface area (Å²) < 4.78 is 26.9. The highest BCUT2D eigenvalue weighted by Crippen LogP contribution is 2.20. The molecule has 0 bridgehead atoms. The lowest BCUT2D eigenvalue weighted by Gasteiger charge is -2.20. The van der Waals surface area contributed by atoms with E-state index in [1.165, 1.54) is 12.1 Å². The van der Waals surface area contributed by atoms with Crippen LogP contribution in [0, 0.1) is 11.6 Å². The summed E-state index contributed by atoms with van der Waals surface area (Å²) in [5, 5.41) is 8.03. The number of hydrogen-bond donors (Lipinski definition) is 2. The topological polar surface area (TPSA) is 41.1 Å². The number of hydrogen-bond acceptors (Lipinski definition) is 2. The van der Waals surface area contributed by atoms with Crippen LogP contribution in [0.4, 0.5) is 14.5 Å². The first-order chi connectivity index (χ1) is 12.4. The molecule has 2 N–H and O–H groups in total. The molecule has 0 spiro atoms. The van der Waals surface area contributed by atoms with Crippen molar-refractivity contribution in [1.29, 1.82) is 0 Å². The maximum atomic E-state index is 13.9. The third-order valence-electron chi connectivity index (χ3n) is 4.34. The van der Waals surface area contributed by atoms with Gasteiger partial charge in [0.15, 0.2) is 0 Å². The van der Waals surface area contributed by atoms with Gasteiger partial charge in [-0.15, -0.1) is 0 Å². The van der Waals surface area contributed by atoms with Crippen molar-refractivity contribution >= 4 is 22.4 Å². The Balaban J connectivity index is 1.66. The summed E-state index contributed by atoms with van der Waals surface area (Å²) in [4.78, 5) is 12.4. The van der Waals surface area contributed by atoms with Crippen LogP contribution in [-0.4, -0.2) is 11.9 Å². The van der Waals surface area contributed by atoms with E-state index in [4.69, 9.17) is 0 Å². The van der Waals surface area contributed by atoms with Gasteiger partial charge in [-0.1, -0.05) is 36.4 Å². The number of anilines is 1. The minimum Gasteiger partial charge on any atom is -0.325 e. The van der Waals surface area contributed by atoms with Crippen LogP contribution < -0.4 is 10.6 Å². The summed E-state index contributed by atoms with van der Waals surface area (Å²) in [6.45, 7) is 3.43. The second-order valence-corrected chi connectivity index (χ2v) is 6.33. The maximum Gasteiger partial charge on any atom is 0.241 e. The molecule has 0 aliphatic rings. The number of halogens is 2. The molecule has 0 radical (unpaired) electrons. The van der Waals surface area contributed by atoms with Crippen molar-refractivity contribution in [2.75, 3.05) is 5.32 Å². The van der Waals surface area contributed by atoms with Crippen molar-refractivity contribution in [2.24, 2.45) is 0 Å². The van der Waals surface area contributed by atoms with Gasteiger partial charge in [0.1, 0.15) is 11.6 Å². The van der Waals surface area contributed by atoms with Crippen LogP contribution in [0.1, 0.15) is 25.5 Å². The van der Waals surface area contributed by atoms with Crippen LogP contribution in [0.3, 0.4) is 0 Å². The first kappa shape index (κ1) is 18.0. The quantitative estimate of drug-likeness (QED) is 0.691. The smallest absolute Gasteiger partial charge is 0.241 e. The van der Waals surface area contributed by atoms with E-state index in [1.807, 2.05) is 42.5 Å². The van der Waals surface area contributed by atoms with Crippen LogP contribution >= 0.6 is 0 Å². The lowest BCUT2D eigenvalue weighted by Crippen LogP contribution is -2.39. The lowest BCUT2D eigenvalue weighted by atomic mass is 10.1. The Labute approximate surface area is 151 Å². The van der Waals surface area contributed by atoms with Gasteiger partial charge in [0, 0.05) is 23.4 Å². The number of carbonyl (C=O) groups excluding carboxylic acids is 1. The third-order valence-corrected chi connectivity index (χ3v) is 4.34. The van der Waals surface area contributed by atoms with Crippen molar-refractivity contribution in [2.45, 2.75) is 25.9 Å². The van der Waals surface area contributed by atoms with Gasteiger partial charge in [0.25, 0.3) is 0 Å². The fourth-order valence-corrected chi connectivity index (χ4v) is 2.91. The second-order valence-electron chi connectivity index (χ2n) is 6.33. The van der Waals surface area contributed by atoms with Crippen molar-refractivity contribution in [3.63, 3.8) is 0 Å². The Morgan fingerprint density at radius 1 is 0.923 bits per heavy atom. The molecule has 26 heavy (non-hydrogen) atoms. The molecule has 2 atom stereocenters. The molecule has 5 heteroatoms. The molecule has 134 valence electrons. The molecule has 0 unspecified atom stereocenters. The van der Waals surface area contributed by atoms with Crippen molar-refractivity contribution in [3.05, 3.63) is 77.9 Å². The molecule has 3 aromatic carbocycles. The number of benzene rings is 3. The largest absolute Gasteiger partial charge is 0.325 e. The zero-order valence-corrected chi connectivity index (χ0v) is 14.6. The second kappa shape index (κ2) is 7.62. The molecule has 3 nitrogen and oxygen atoms in total. The van der Waals surface area contributed by atoms with Crippen molar-refractivity contribution in [1.82, 2.24) is 5.32 Å². The van der Waals surface area contributed by atoms with Crippen LogP contribution in [-0.2, 0) is 4.79 Å². The summed E-state index contributed by atoms with van der Waals surface area (Å²) in [5.74, 6) is -1.48. The zero-order valence-electron chi connectivity index (χ0n) is 14.6. The van der Waals surface area contributed by atoms with E-state index in [2.05, 4.69) is 10.6 Å². The highest BCUT2D eigenvalue weighted by atomic mass is 19.1.